The zero-order chi connectivity index (χ0) is 10.7. The molecule has 1 aromatic rings. The van der Waals surface area contributed by atoms with E-state index < -0.39 is 5.67 Å². The summed E-state index contributed by atoms with van der Waals surface area (Å²) in [7, 11) is 0. The number of alkyl halides is 1. The number of nitrogens with two attached hydrogens (primary N) is 1. The highest BCUT2D eigenvalue weighted by Gasteiger charge is 2.35. The fourth-order valence-electron chi connectivity index (χ4n) is 2.40. The summed E-state index contributed by atoms with van der Waals surface area (Å²) in [6.07, 6.45) is 4.22. The molecule has 0 saturated heterocycles. The van der Waals surface area contributed by atoms with Gasteiger partial charge in [-0.15, -0.1) is 0 Å². The Morgan fingerprint density at radius 2 is 2.00 bits per heavy atom. The summed E-state index contributed by atoms with van der Waals surface area (Å²) in [5, 5.41) is 0. The molecule has 1 fully saturated rings. The van der Waals surface area contributed by atoms with Crippen LogP contribution in [0.2, 0.25) is 0 Å². The summed E-state index contributed by atoms with van der Waals surface area (Å²) >= 11 is 0. The number of hydrogen-bond acceptors (Lipinski definition) is 1. The van der Waals surface area contributed by atoms with E-state index >= 15 is 0 Å². The van der Waals surface area contributed by atoms with Gasteiger partial charge < -0.3 is 5.73 Å². The van der Waals surface area contributed by atoms with Gasteiger partial charge >= 0.3 is 0 Å². The molecule has 0 aromatic heterocycles. The lowest BCUT2D eigenvalue weighted by atomic mass is 9.92. The van der Waals surface area contributed by atoms with Gasteiger partial charge in [-0.2, -0.15) is 0 Å². The second-order valence-corrected chi connectivity index (χ2v) is 4.41. The standard InChI is InChI=1S/C13H18FN/c14-13(7-1-2-8-13)12-5-3-4-11(10-12)6-9-15/h3-5,10H,1-2,6-9,15H2. The molecule has 15 heavy (non-hydrogen) atoms. The predicted molar refractivity (Wildman–Crippen MR) is 60.5 cm³/mol. The van der Waals surface area contributed by atoms with Crippen molar-refractivity contribution < 1.29 is 4.39 Å². The van der Waals surface area contributed by atoms with Crippen LogP contribution in [0.15, 0.2) is 24.3 Å². The molecule has 1 aliphatic carbocycles. The summed E-state index contributed by atoms with van der Waals surface area (Å²) in [5.74, 6) is 0. The van der Waals surface area contributed by atoms with Crippen molar-refractivity contribution >= 4 is 0 Å². The van der Waals surface area contributed by atoms with E-state index in [1.165, 1.54) is 0 Å². The van der Waals surface area contributed by atoms with Gasteiger partial charge in [0.15, 0.2) is 0 Å². The van der Waals surface area contributed by atoms with Crippen molar-refractivity contribution in [3.63, 3.8) is 0 Å². The van der Waals surface area contributed by atoms with E-state index in [0.29, 0.717) is 19.4 Å². The third-order valence-electron chi connectivity index (χ3n) is 3.27. The van der Waals surface area contributed by atoms with Crippen LogP contribution < -0.4 is 5.73 Å². The highest BCUT2D eigenvalue weighted by atomic mass is 19.1. The number of benzene rings is 1. The Hall–Kier alpha value is -0.890. The molecule has 0 aliphatic heterocycles. The van der Waals surface area contributed by atoms with Crippen LogP contribution in [0.25, 0.3) is 0 Å². The second-order valence-electron chi connectivity index (χ2n) is 4.41. The van der Waals surface area contributed by atoms with Crippen LogP contribution in [-0.4, -0.2) is 6.54 Å². The molecule has 82 valence electrons. The van der Waals surface area contributed by atoms with Crippen molar-refractivity contribution in [2.45, 2.75) is 37.8 Å². The van der Waals surface area contributed by atoms with Crippen molar-refractivity contribution in [1.82, 2.24) is 0 Å². The van der Waals surface area contributed by atoms with E-state index in [1.807, 2.05) is 24.3 Å². The van der Waals surface area contributed by atoms with Crippen molar-refractivity contribution in [3.05, 3.63) is 35.4 Å². The van der Waals surface area contributed by atoms with Crippen LogP contribution in [0, 0.1) is 0 Å². The van der Waals surface area contributed by atoms with Gasteiger partial charge in [-0.3, -0.25) is 0 Å². The van der Waals surface area contributed by atoms with Gasteiger partial charge in [0.2, 0.25) is 0 Å². The van der Waals surface area contributed by atoms with Gasteiger partial charge in [0, 0.05) is 0 Å². The van der Waals surface area contributed by atoms with Crippen molar-refractivity contribution in [2.24, 2.45) is 5.73 Å². The molecule has 1 aromatic carbocycles. The Kier molecular flexibility index (Phi) is 3.06. The molecule has 1 nitrogen and oxygen atoms in total. The first-order valence-electron chi connectivity index (χ1n) is 5.73. The first-order chi connectivity index (χ1) is 7.24. The monoisotopic (exact) mass is 207 g/mol. The molecule has 0 atom stereocenters. The minimum absolute atomic E-state index is 0.628. The molecular formula is C13H18FN. The molecule has 0 radical (unpaired) electrons. The van der Waals surface area contributed by atoms with E-state index in [-0.39, 0.29) is 0 Å². The molecule has 0 heterocycles. The molecule has 2 heteroatoms. The van der Waals surface area contributed by atoms with Gasteiger partial charge in [0.25, 0.3) is 0 Å². The lowest BCUT2D eigenvalue weighted by molar-refractivity contribution is 0.174. The summed E-state index contributed by atoms with van der Waals surface area (Å²) in [6.45, 7) is 0.628. The fraction of sp³-hybridized carbons (Fsp3) is 0.538. The third-order valence-corrected chi connectivity index (χ3v) is 3.27. The molecule has 1 saturated carbocycles. The first kappa shape index (κ1) is 10.6. The maximum atomic E-state index is 14.4. The molecule has 2 N–H and O–H groups in total. The molecule has 0 spiro atoms. The van der Waals surface area contributed by atoms with E-state index in [0.717, 1.165) is 30.4 Å². The maximum Gasteiger partial charge on any atom is 0.136 e. The number of rotatable bonds is 3. The average molecular weight is 207 g/mol. The highest BCUT2D eigenvalue weighted by Crippen LogP contribution is 2.42. The zero-order valence-corrected chi connectivity index (χ0v) is 9.01. The highest BCUT2D eigenvalue weighted by molar-refractivity contribution is 5.29. The van der Waals surface area contributed by atoms with Gasteiger partial charge in [0.1, 0.15) is 5.67 Å². The van der Waals surface area contributed by atoms with Crippen LogP contribution in [0.4, 0.5) is 4.39 Å². The minimum Gasteiger partial charge on any atom is -0.330 e. The Bertz CT molecular complexity index is 329. The lowest BCUT2D eigenvalue weighted by Gasteiger charge is -2.20. The summed E-state index contributed by atoms with van der Waals surface area (Å²) < 4.78 is 14.4. The molecule has 2 rings (SSSR count). The van der Waals surface area contributed by atoms with Crippen LogP contribution in [-0.2, 0) is 12.1 Å². The number of halogens is 1. The first-order valence-corrected chi connectivity index (χ1v) is 5.73. The summed E-state index contributed by atoms with van der Waals surface area (Å²) in [6, 6.07) is 7.86. The quantitative estimate of drug-likeness (QED) is 0.810. The Morgan fingerprint density at radius 1 is 1.27 bits per heavy atom. The number of hydrogen-bond donors (Lipinski definition) is 1. The molecular weight excluding hydrogens is 189 g/mol. The topological polar surface area (TPSA) is 26.0 Å². The second kappa shape index (κ2) is 4.31. The molecule has 0 unspecified atom stereocenters. The molecule has 0 bridgehead atoms. The third kappa shape index (κ3) is 2.20. The van der Waals surface area contributed by atoms with Crippen molar-refractivity contribution in [2.75, 3.05) is 6.54 Å². The minimum atomic E-state index is -1.06. The fourth-order valence-corrected chi connectivity index (χ4v) is 2.40. The smallest absolute Gasteiger partial charge is 0.136 e. The van der Waals surface area contributed by atoms with Crippen molar-refractivity contribution in [3.8, 4) is 0 Å². The SMILES string of the molecule is NCCc1cccc(C2(F)CCCC2)c1. The Morgan fingerprint density at radius 3 is 2.67 bits per heavy atom. The van der Waals surface area contributed by atoms with E-state index in [9.17, 15) is 4.39 Å². The Balaban J connectivity index is 2.23. The molecule has 1 aliphatic rings. The maximum absolute atomic E-state index is 14.4. The van der Waals surface area contributed by atoms with E-state index in [4.69, 9.17) is 5.73 Å². The van der Waals surface area contributed by atoms with E-state index in [1.54, 1.807) is 0 Å². The van der Waals surface area contributed by atoms with Gasteiger partial charge in [-0.05, 0) is 49.8 Å². The van der Waals surface area contributed by atoms with Gasteiger partial charge in [-0.25, -0.2) is 4.39 Å². The Labute approximate surface area is 90.5 Å². The van der Waals surface area contributed by atoms with Crippen molar-refractivity contribution in [1.29, 1.82) is 0 Å². The predicted octanol–water partition coefficient (Wildman–Crippen LogP) is 2.93. The van der Waals surface area contributed by atoms with Crippen LogP contribution in [0.5, 0.6) is 0 Å². The molecule has 0 amide bonds. The van der Waals surface area contributed by atoms with Gasteiger partial charge in [0.05, 0.1) is 0 Å². The van der Waals surface area contributed by atoms with Gasteiger partial charge in [-0.1, -0.05) is 24.3 Å². The van der Waals surface area contributed by atoms with Crippen LogP contribution in [0.3, 0.4) is 0 Å². The summed E-state index contributed by atoms with van der Waals surface area (Å²) in [4.78, 5) is 0. The normalized spacial score (nSPS) is 19.3. The zero-order valence-electron chi connectivity index (χ0n) is 9.01. The van der Waals surface area contributed by atoms with Crippen LogP contribution >= 0.6 is 0 Å². The van der Waals surface area contributed by atoms with E-state index in [2.05, 4.69) is 0 Å². The lowest BCUT2D eigenvalue weighted by Crippen LogP contribution is -2.15. The summed E-state index contributed by atoms with van der Waals surface area (Å²) in [5.41, 5.74) is 6.44. The van der Waals surface area contributed by atoms with Crippen LogP contribution in [0.1, 0.15) is 36.8 Å². The largest absolute Gasteiger partial charge is 0.330 e. The average Bonchev–Trinajstić information content (AvgIpc) is 2.68.